The third kappa shape index (κ3) is 5.68. The van der Waals surface area contributed by atoms with E-state index < -0.39 is 36.0 Å². The van der Waals surface area contributed by atoms with Crippen LogP contribution in [0.3, 0.4) is 0 Å². The number of amides is 2. The van der Waals surface area contributed by atoms with Crippen molar-refractivity contribution in [3.05, 3.63) is 71.5 Å². The summed E-state index contributed by atoms with van der Waals surface area (Å²) in [5.41, 5.74) is 1.60. The number of benzene rings is 2. The second-order valence-electron chi connectivity index (χ2n) is 10.4. The molecule has 2 aliphatic rings. The molecule has 0 fully saturated rings. The molecule has 2 aromatic carbocycles. The summed E-state index contributed by atoms with van der Waals surface area (Å²) in [5.74, 6) is -0.214. The predicted octanol–water partition coefficient (Wildman–Crippen LogP) is 3.02. The van der Waals surface area contributed by atoms with Gasteiger partial charge in [-0.25, -0.2) is 0 Å². The molecular weight excluding hydrogens is 528 g/mol. The Hall–Kier alpha value is -3.86. The minimum absolute atomic E-state index is 0.0233. The van der Waals surface area contributed by atoms with Crippen molar-refractivity contribution in [2.45, 2.75) is 50.5 Å². The highest BCUT2D eigenvalue weighted by atomic mass is 16.5. The summed E-state index contributed by atoms with van der Waals surface area (Å²) in [5, 5.41) is 24.4. The zero-order valence-corrected chi connectivity index (χ0v) is 23.4. The van der Waals surface area contributed by atoms with Gasteiger partial charge in [-0.15, -0.1) is 0 Å². The Morgan fingerprint density at radius 1 is 1.15 bits per heavy atom. The lowest BCUT2D eigenvalue weighted by atomic mass is 9.77. The number of rotatable bonds is 11. The smallest absolute Gasteiger partial charge is 0.290 e. The summed E-state index contributed by atoms with van der Waals surface area (Å²) in [6.07, 6.45) is 0.223. The van der Waals surface area contributed by atoms with Crippen LogP contribution in [0.25, 0.3) is 11.0 Å². The summed E-state index contributed by atoms with van der Waals surface area (Å²) in [7, 11) is 1.53. The first kappa shape index (κ1) is 28.7. The van der Waals surface area contributed by atoms with Gasteiger partial charge in [0.25, 0.3) is 5.91 Å². The molecule has 41 heavy (non-hydrogen) atoms. The van der Waals surface area contributed by atoms with Crippen LogP contribution < -0.4 is 14.8 Å². The lowest BCUT2D eigenvalue weighted by Gasteiger charge is -2.40. The number of fused-ring (bicyclic) bond motifs is 4. The number of methoxy groups -OCH3 is 1. The third-order valence-corrected chi connectivity index (χ3v) is 7.43. The fourth-order valence-electron chi connectivity index (χ4n) is 5.58. The maximum Gasteiger partial charge on any atom is 0.290 e. The van der Waals surface area contributed by atoms with Gasteiger partial charge in [0.1, 0.15) is 18.0 Å². The van der Waals surface area contributed by atoms with Crippen LogP contribution in [0.1, 0.15) is 42.3 Å². The molecule has 0 bridgehead atoms. The molecule has 1 aromatic heterocycles. The SMILES string of the molecule is COc1cccc2cc(C(=O)N(CCCOC(C)C)C3C=C(C(=O)NCCO)C4c5ccccc5OC4C3O)oc12. The number of nitrogens with one attached hydrogen (secondary N) is 1. The zero-order chi connectivity index (χ0) is 29.1. The fourth-order valence-corrected chi connectivity index (χ4v) is 5.58. The minimum atomic E-state index is -1.14. The van der Waals surface area contributed by atoms with Crippen molar-refractivity contribution in [3.8, 4) is 11.5 Å². The highest BCUT2D eigenvalue weighted by Gasteiger charge is 2.50. The summed E-state index contributed by atoms with van der Waals surface area (Å²) in [6, 6.07) is 13.5. The molecule has 4 atom stereocenters. The number of hydrogen-bond acceptors (Lipinski definition) is 8. The van der Waals surface area contributed by atoms with Crippen molar-refractivity contribution in [3.63, 3.8) is 0 Å². The molecular formula is C31H36N2O8. The molecule has 10 heteroatoms. The minimum Gasteiger partial charge on any atom is -0.493 e. The van der Waals surface area contributed by atoms with E-state index in [0.717, 1.165) is 5.56 Å². The van der Waals surface area contributed by atoms with E-state index in [4.69, 9.17) is 18.6 Å². The van der Waals surface area contributed by atoms with Gasteiger partial charge in [-0.2, -0.15) is 0 Å². The summed E-state index contributed by atoms with van der Waals surface area (Å²) in [6.45, 7) is 4.35. The topological polar surface area (TPSA) is 131 Å². The molecule has 3 aromatic rings. The molecule has 3 N–H and O–H groups in total. The van der Waals surface area contributed by atoms with E-state index in [0.29, 0.717) is 41.1 Å². The number of carbonyl (C=O) groups is 2. The second-order valence-corrected chi connectivity index (χ2v) is 10.4. The van der Waals surface area contributed by atoms with Crippen LogP contribution >= 0.6 is 0 Å². The van der Waals surface area contributed by atoms with Gasteiger partial charge in [0.15, 0.2) is 17.1 Å². The van der Waals surface area contributed by atoms with Crippen LogP contribution in [0.5, 0.6) is 11.5 Å². The largest absolute Gasteiger partial charge is 0.493 e. The Kier molecular flexibility index (Phi) is 8.63. The number of aliphatic hydroxyl groups is 2. The number of para-hydroxylation sites is 2. The molecule has 2 heterocycles. The van der Waals surface area contributed by atoms with Gasteiger partial charge >= 0.3 is 0 Å². The maximum absolute atomic E-state index is 14.1. The van der Waals surface area contributed by atoms with Crippen LogP contribution in [-0.2, 0) is 9.53 Å². The van der Waals surface area contributed by atoms with Crippen molar-refractivity contribution in [2.75, 3.05) is 33.4 Å². The van der Waals surface area contributed by atoms with Gasteiger partial charge < -0.3 is 39.1 Å². The lowest BCUT2D eigenvalue weighted by Crippen LogP contribution is -2.56. The average Bonchev–Trinajstić information content (AvgIpc) is 3.59. The molecule has 0 saturated heterocycles. The molecule has 2 amide bonds. The number of ether oxygens (including phenoxy) is 3. The number of nitrogens with zero attached hydrogens (tertiary/aromatic N) is 1. The Labute approximate surface area is 238 Å². The molecule has 4 unspecified atom stereocenters. The number of carbonyl (C=O) groups excluding carboxylic acids is 2. The van der Waals surface area contributed by atoms with Crippen molar-refractivity contribution < 1.29 is 38.4 Å². The highest BCUT2D eigenvalue weighted by Crippen LogP contribution is 2.47. The van der Waals surface area contributed by atoms with Crippen LogP contribution in [-0.4, -0.2) is 84.7 Å². The second kappa shape index (κ2) is 12.3. The van der Waals surface area contributed by atoms with E-state index in [1.807, 2.05) is 44.2 Å². The van der Waals surface area contributed by atoms with Gasteiger partial charge in [0, 0.05) is 36.2 Å². The number of hydrogen-bond donors (Lipinski definition) is 3. The lowest BCUT2D eigenvalue weighted by molar-refractivity contribution is -0.118. The van der Waals surface area contributed by atoms with Crippen molar-refractivity contribution >= 4 is 22.8 Å². The maximum atomic E-state index is 14.1. The Morgan fingerprint density at radius 2 is 1.95 bits per heavy atom. The fraction of sp³-hybridized carbons (Fsp3) is 0.419. The van der Waals surface area contributed by atoms with E-state index in [-0.39, 0.29) is 31.6 Å². The van der Waals surface area contributed by atoms with Crippen molar-refractivity contribution in [1.82, 2.24) is 10.2 Å². The molecule has 0 radical (unpaired) electrons. The van der Waals surface area contributed by atoms with E-state index in [9.17, 15) is 19.8 Å². The first-order chi connectivity index (χ1) is 19.8. The van der Waals surface area contributed by atoms with Crippen molar-refractivity contribution in [2.24, 2.45) is 0 Å². The Bertz CT molecular complexity index is 1430. The summed E-state index contributed by atoms with van der Waals surface area (Å²) in [4.78, 5) is 29.0. The normalized spacial score (nSPS) is 21.2. The molecule has 5 rings (SSSR count). The first-order valence-corrected chi connectivity index (χ1v) is 13.9. The predicted molar refractivity (Wildman–Crippen MR) is 151 cm³/mol. The summed E-state index contributed by atoms with van der Waals surface area (Å²) >= 11 is 0. The molecule has 10 nitrogen and oxygen atoms in total. The van der Waals surface area contributed by atoms with Gasteiger partial charge in [0.05, 0.1) is 31.8 Å². The van der Waals surface area contributed by atoms with Crippen molar-refractivity contribution in [1.29, 1.82) is 0 Å². The van der Waals surface area contributed by atoms with Gasteiger partial charge in [-0.1, -0.05) is 30.3 Å². The quantitative estimate of drug-likeness (QED) is 0.303. The van der Waals surface area contributed by atoms with E-state index >= 15 is 0 Å². The van der Waals surface area contributed by atoms with Crippen LogP contribution in [0.2, 0.25) is 0 Å². The number of aliphatic hydroxyl groups excluding tert-OH is 2. The Morgan fingerprint density at radius 3 is 2.71 bits per heavy atom. The molecule has 218 valence electrons. The Balaban J connectivity index is 1.54. The molecule has 0 saturated carbocycles. The molecule has 1 aliphatic carbocycles. The van der Waals surface area contributed by atoms with Gasteiger partial charge in [0.2, 0.25) is 5.91 Å². The standard InChI is InChI=1S/C31H36N2O8/c1-18(2)39-15-7-13-33(31(37)25-16-19-8-6-11-24(38-3)28(19)41-25)22-17-21(30(36)32-12-14-34)26-20-9-4-5-10-23(20)40-29(26)27(22)35/h4-6,8-11,16-18,22,26-27,29,34-35H,7,12-15H2,1-3H3,(H,32,36). The molecule has 0 spiro atoms. The monoisotopic (exact) mass is 564 g/mol. The third-order valence-electron chi connectivity index (χ3n) is 7.43. The number of furan rings is 1. The average molecular weight is 565 g/mol. The van der Waals surface area contributed by atoms with Gasteiger partial charge in [-0.05, 0) is 44.5 Å². The molecule has 1 aliphatic heterocycles. The van der Waals surface area contributed by atoms with Crippen LogP contribution in [0.4, 0.5) is 0 Å². The van der Waals surface area contributed by atoms with E-state index in [1.165, 1.54) is 12.0 Å². The van der Waals surface area contributed by atoms with Crippen LogP contribution in [0.15, 0.2) is 64.6 Å². The zero-order valence-electron chi connectivity index (χ0n) is 23.4. The van der Waals surface area contributed by atoms with E-state index in [2.05, 4.69) is 5.32 Å². The summed E-state index contributed by atoms with van der Waals surface area (Å²) < 4.78 is 23.3. The van der Waals surface area contributed by atoms with Gasteiger partial charge in [-0.3, -0.25) is 9.59 Å². The first-order valence-electron chi connectivity index (χ1n) is 13.9. The van der Waals surface area contributed by atoms with E-state index in [1.54, 1.807) is 24.3 Å². The van der Waals surface area contributed by atoms with Crippen LogP contribution in [0, 0.1) is 0 Å². The highest BCUT2D eigenvalue weighted by molar-refractivity contribution is 5.99.